The van der Waals surface area contributed by atoms with Gasteiger partial charge in [-0.2, -0.15) is 0 Å². The third kappa shape index (κ3) is 13.0. The predicted octanol–water partition coefficient (Wildman–Crippen LogP) is -3.69. The second-order valence-corrected chi connectivity index (χ2v) is 11.5. The van der Waals surface area contributed by atoms with Crippen LogP contribution < -0.4 is 15.6 Å². The molecule has 173 valence electrons. The SMILES string of the molecule is O[Si](O)(O)c1ccccc1.O[Si](O)(O)c1ccccc1.O[Si](O)(O)c1ccccc1.[O]=[V]. The summed E-state index contributed by atoms with van der Waals surface area (Å²) in [5.74, 6) is 0. The molecule has 0 aliphatic carbocycles. The molecule has 9 N–H and O–H groups in total. The molecular weight excluding hydrogens is 511 g/mol. The molecule has 0 aliphatic heterocycles. The molecule has 0 heterocycles. The van der Waals surface area contributed by atoms with E-state index in [9.17, 15) is 0 Å². The second-order valence-electron chi connectivity index (χ2n) is 6.00. The summed E-state index contributed by atoms with van der Waals surface area (Å²) in [4.78, 5) is 78.7. The summed E-state index contributed by atoms with van der Waals surface area (Å²) in [5.41, 5.74) is 0. The van der Waals surface area contributed by atoms with Gasteiger partial charge in [-0.1, -0.05) is 91.0 Å². The molecule has 0 amide bonds. The first-order valence-electron chi connectivity index (χ1n) is 8.68. The fourth-order valence-electron chi connectivity index (χ4n) is 1.99. The number of benzene rings is 3. The van der Waals surface area contributed by atoms with Crippen molar-refractivity contribution in [2.75, 3.05) is 0 Å². The minimum atomic E-state index is -4.03. The summed E-state index contributed by atoms with van der Waals surface area (Å²) < 4.78 is 8.19. The van der Waals surface area contributed by atoms with Crippen molar-refractivity contribution in [1.82, 2.24) is 0 Å². The van der Waals surface area contributed by atoms with E-state index in [2.05, 4.69) is 0 Å². The molecule has 0 aliphatic rings. The second kappa shape index (κ2) is 14.5. The van der Waals surface area contributed by atoms with Crippen molar-refractivity contribution in [3.8, 4) is 0 Å². The summed E-state index contributed by atoms with van der Waals surface area (Å²) in [6.45, 7) is 0. The maximum atomic E-state index is 8.74. The zero-order valence-corrected chi connectivity index (χ0v) is 20.9. The van der Waals surface area contributed by atoms with Crippen molar-refractivity contribution >= 4 is 42.0 Å². The van der Waals surface area contributed by atoms with Gasteiger partial charge in [0.05, 0.1) is 0 Å². The molecule has 0 saturated carbocycles. The zero-order chi connectivity index (χ0) is 24.8. The van der Waals surface area contributed by atoms with Crippen LogP contribution in [0.1, 0.15) is 0 Å². The van der Waals surface area contributed by atoms with Gasteiger partial charge in [0.1, 0.15) is 0 Å². The number of hydrogen-bond donors (Lipinski definition) is 9. The molecule has 0 spiro atoms. The van der Waals surface area contributed by atoms with E-state index in [0.717, 1.165) is 17.4 Å². The van der Waals surface area contributed by atoms with Crippen LogP contribution >= 0.6 is 0 Å². The number of rotatable bonds is 3. The van der Waals surface area contributed by atoms with E-state index >= 15 is 0 Å². The summed E-state index contributed by atoms with van der Waals surface area (Å²) in [5, 5.41) is 0.611. The summed E-state index contributed by atoms with van der Waals surface area (Å²) in [6.07, 6.45) is 0. The Balaban J connectivity index is 0.000000433. The Morgan fingerprint density at radius 2 is 0.531 bits per heavy atom. The van der Waals surface area contributed by atoms with Crippen LogP contribution in [0.3, 0.4) is 0 Å². The van der Waals surface area contributed by atoms with Crippen LogP contribution in [0.25, 0.3) is 0 Å². The molecule has 0 radical (unpaired) electrons. The van der Waals surface area contributed by atoms with Crippen LogP contribution in [0, 0.1) is 0 Å². The van der Waals surface area contributed by atoms with E-state index in [-0.39, 0.29) is 15.6 Å². The Morgan fingerprint density at radius 1 is 0.375 bits per heavy atom. The minimum absolute atomic E-state index is 0.204. The Morgan fingerprint density at radius 3 is 0.625 bits per heavy atom. The summed E-state index contributed by atoms with van der Waals surface area (Å²) in [6, 6.07) is 23.9. The van der Waals surface area contributed by atoms with Gasteiger partial charge in [0, 0.05) is 15.6 Å². The first kappa shape index (κ1) is 30.3. The Bertz CT molecular complexity index is 753. The number of hydrogen-bond acceptors (Lipinski definition) is 10. The molecule has 0 saturated heterocycles. The zero-order valence-electron chi connectivity index (χ0n) is 16.5. The van der Waals surface area contributed by atoms with E-state index in [1.807, 2.05) is 0 Å². The normalized spacial score (nSPS) is 10.9. The monoisotopic (exact) mass is 535 g/mol. The first-order chi connectivity index (χ1) is 14.8. The van der Waals surface area contributed by atoms with Crippen LogP contribution in [0.4, 0.5) is 0 Å². The topological polar surface area (TPSA) is 199 Å². The molecule has 0 fully saturated rings. The first-order valence-corrected chi connectivity index (χ1v) is 14.8. The average Bonchev–Trinajstić information content (AvgIpc) is 2.76. The van der Waals surface area contributed by atoms with Crippen LogP contribution in [-0.4, -0.2) is 69.6 Å². The predicted molar refractivity (Wildman–Crippen MR) is 116 cm³/mol. The van der Waals surface area contributed by atoms with E-state index in [4.69, 9.17) is 46.8 Å². The van der Waals surface area contributed by atoms with Gasteiger partial charge in [-0.05, 0) is 0 Å². The fourth-order valence-corrected chi connectivity index (χ4v) is 3.90. The molecule has 0 bridgehead atoms. The molecule has 3 aromatic rings. The van der Waals surface area contributed by atoms with Gasteiger partial charge in [0.2, 0.25) is 0 Å². The summed E-state index contributed by atoms with van der Waals surface area (Å²) >= 11 is 1.06. The average molecular weight is 536 g/mol. The van der Waals surface area contributed by atoms with E-state index < -0.39 is 26.4 Å². The van der Waals surface area contributed by atoms with Crippen molar-refractivity contribution in [1.29, 1.82) is 0 Å². The van der Waals surface area contributed by atoms with Crippen molar-refractivity contribution < 1.29 is 64.2 Å². The molecular formula is C18H24O10Si3V. The van der Waals surface area contributed by atoms with E-state index in [1.165, 1.54) is 36.4 Å². The van der Waals surface area contributed by atoms with Crippen LogP contribution in [0.15, 0.2) is 91.0 Å². The van der Waals surface area contributed by atoms with Gasteiger partial charge in [0.15, 0.2) is 0 Å². The standard InChI is InChI=1S/3C6H8O3Si.O.V/c3*7-10(8,9)6-4-2-1-3-5-6;;/h3*1-5,7-9H;;. The molecule has 0 aromatic heterocycles. The van der Waals surface area contributed by atoms with Gasteiger partial charge >= 0.3 is 47.5 Å². The van der Waals surface area contributed by atoms with Gasteiger partial charge in [0.25, 0.3) is 0 Å². The third-order valence-electron chi connectivity index (χ3n) is 3.48. The fraction of sp³-hybridized carbons (Fsp3) is 0. The van der Waals surface area contributed by atoms with Crippen molar-refractivity contribution in [3.05, 3.63) is 91.0 Å². The van der Waals surface area contributed by atoms with Crippen LogP contribution in [0.5, 0.6) is 0 Å². The van der Waals surface area contributed by atoms with Gasteiger partial charge < -0.3 is 43.2 Å². The van der Waals surface area contributed by atoms with E-state index in [0.29, 0.717) is 0 Å². The van der Waals surface area contributed by atoms with E-state index in [1.54, 1.807) is 54.6 Å². The Hall–Kier alpha value is -1.66. The molecule has 0 atom stereocenters. The Kier molecular flexibility index (Phi) is 13.7. The molecule has 3 rings (SSSR count). The van der Waals surface area contributed by atoms with Crippen LogP contribution in [0.2, 0.25) is 0 Å². The molecule has 32 heavy (non-hydrogen) atoms. The van der Waals surface area contributed by atoms with Gasteiger partial charge in [-0.3, -0.25) is 0 Å². The van der Waals surface area contributed by atoms with Crippen molar-refractivity contribution in [2.24, 2.45) is 0 Å². The molecule has 10 nitrogen and oxygen atoms in total. The van der Waals surface area contributed by atoms with Crippen LogP contribution in [-0.2, 0) is 21.0 Å². The van der Waals surface area contributed by atoms with Gasteiger partial charge in [-0.25, -0.2) is 0 Å². The summed E-state index contributed by atoms with van der Waals surface area (Å²) in [7, 11) is -12.1. The molecule has 0 unspecified atom stereocenters. The maximum absolute atomic E-state index is 8.74. The Labute approximate surface area is 196 Å². The molecule has 14 heteroatoms. The quantitative estimate of drug-likeness (QED) is 0.150. The van der Waals surface area contributed by atoms with Crippen molar-refractivity contribution in [3.63, 3.8) is 0 Å². The van der Waals surface area contributed by atoms with Crippen molar-refractivity contribution in [2.45, 2.75) is 0 Å². The third-order valence-corrected chi connectivity index (χ3v) is 6.81. The molecule has 3 aromatic carbocycles. The van der Waals surface area contributed by atoms with Gasteiger partial charge in [-0.15, -0.1) is 0 Å².